The first-order valence-electron chi connectivity index (χ1n) is 16.2. The van der Waals surface area contributed by atoms with Crippen LogP contribution in [-0.2, 0) is 22.6 Å². The fraction of sp³-hybridized carbons (Fsp3) is 0.600. The molecule has 0 heterocycles. The summed E-state index contributed by atoms with van der Waals surface area (Å²) in [5.41, 5.74) is 3.66. The van der Waals surface area contributed by atoms with Crippen molar-refractivity contribution in [2.45, 2.75) is 76.5 Å². The predicted octanol–water partition coefficient (Wildman–Crippen LogP) is 4.19. The number of hydrogen-bond donors (Lipinski definition) is 4. The highest BCUT2D eigenvalue weighted by molar-refractivity contribution is 6.13. The quantitative estimate of drug-likeness (QED) is 0.305. The van der Waals surface area contributed by atoms with Gasteiger partial charge in [0.25, 0.3) is 5.91 Å². The molecule has 1 aromatic rings. The topological polar surface area (TPSA) is 137 Å². The minimum Gasteiger partial charge on any atom is -0.510 e. The number of Topliss-reactive ketones (excluding diaryl/α,β-unsaturated/α-hetero) is 1. The number of amides is 1. The highest BCUT2D eigenvalue weighted by atomic mass is 19.1. The fourth-order valence-electron chi connectivity index (χ4n) is 8.64. The van der Waals surface area contributed by atoms with Crippen LogP contribution in [-0.4, -0.2) is 82.7 Å². The van der Waals surface area contributed by atoms with Crippen molar-refractivity contribution < 1.29 is 34.0 Å². The molecule has 6 rings (SSSR count). The van der Waals surface area contributed by atoms with Crippen LogP contribution in [0.3, 0.4) is 0 Å². The highest BCUT2D eigenvalue weighted by Gasteiger charge is 2.62. The summed E-state index contributed by atoms with van der Waals surface area (Å²) >= 11 is 0. The van der Waals surface area contributed by atoms with Crippen LogP contribution in [0.5, 0.6) is 5.75 Å². The molecule has 0 aromatic heterocycles. The van der Waals surface area contributed by atoms with Crippen LogP contribution in [0.2, 0.25) is 0 Å². The summed E-state index contributed by atoms with van der Waals surface area (Å²) < 4.78 is 22.3. The molecule has 1 amide bonds. The zero-order valence-electron chi connectivity index (χ0n) is 26.8. The number of nitrogens with zero attached hydrogens (tertiary/aromatic N) is 2. The molecule has 1 aromatic carbocycles. The molecule has 3 saturated carbocycles. The molecule has 4 atom stereocenters. The third-order valence-corrected chi connectivity index (χ3v) is 11.4. The van der Waals surface area contributed by atoms with Crippen molar-refractivity contribution in [3.05, 3.63) is 57.6 Å². The Morgan fingerprint density at radius 2 is 1.93 bits per heavy atom. The van der Waals surface area contributed by atoms with Gasteiger partial charge >= 0.3 is 0 Å². The minimum absolute atomic E-state index is 0.0548. The van der Waals surface area contributed by atoms with E-state index in [1.807, 2.05) is 0 Å². The summed E-state index contributed by atoms with van der Waals surface area (Å²) in [4.78, 5) is 30.6. The van der Waals surface area contributed by atoms with Gasteiger partial charge in [0.15, 0.2) is 11.4 Å². The number of aliphatic hydroxyl groups excluding tert-OH is 2. The van der Waals surface area contributed by atoms with Crippen molar-refractivity contribution in [3.8, 4) is 5.75 Å². The summed E-state index contributed by atoms with van der Waals surface area (Å²) in [7, 11) is 4.77. The van der Waals surface area contributed by atoms with Gasteiger partial charge in [-0.25, -0.2) is 4.39 Å². The number of fused-ring (bicyclic) bond motifs is 3. The molecular formula is C35H46FN3O6. The number of rotatable bonds is 10. The van der Waals surface area contributed by atoms with Crippen LogP contribution in [0.4, 0.5) is 4.39 Å². The Labute approximate surface area is 264 Å². The van der Waals surface area contributed by atoms with Gasteiger partial charge in [-0.15, -0.1) is 0 Å². The average Bonchev–Trinajstić information content (AvgIpc) is 3.78. The van der Waals surface area contributed by atoms with E-state index in [0.29, 0.717) is 18.0 Å². The van der Waals surface area contributed by atoms with E-state index < -0.39 is 52.3 Å². The normalized spacial score (nSPS) is 29.0. The smallest absolute Gasteiger partial charge is 0.252 e. The molecule has 45 heavy (non-hydrogen) atoms. The van der Waals surface area contributed by atoms with Crippen molar-refractivity contribution in [1.29, 1.82) is 0 Å². The van der Waals surface area contributed by atoms with Gasteiger partial charge in [0.2, 0.25) is 0 Å². The molecule has 5 aliphatic rings. The number of primary amides is 1. The van der Waals surface area contributed by atoms with Gasteiger partial charge in [0.05, 0.1) is 24.3 Å². The van der Waals surface area contributed by atoms with Crippen LogP contribution in [0.15, 0.2) is 35.1 Å². The lowest BCUT2D eigenvalue weighted by molar-refractivity contribution is -0.143. The molecule has 0 radical (unpaired) electrons. The van der Waals surface area contributed by atoms with E-state index in [9.17, 15) is 24.9 Å². The summed E-state index contributed by atoms with van der Waals surface area (Å²) in [6.07, 6.45) is 7.33. The largest absolute Gasteiger partial charge is 0.510 e. The maximum atomic E-state index is 16.6. The van der Waals surface area contributed by atoms with Gasteiger partial charge < -0.3 is 25.8 Å². The number of likely N-dealkylation sites (N-methyl/N-ethyl adjacent to an activating group) is 1. The lowest BCUT2D eigenvalue weighted by Crippen LogP contribution is -2.63. The first-order chi connectivity index (χ1) is 21.3. The van der Waals surface area contributed by atoms with E-state index in [1.54, 1.807) is 25.1 Å². The molecule has 0 bridgehead atoms. The molecule has 5 N–H and O–H groups in total. The van der Waals surface area contributed by atoms with Crippen LogP contribution in [0, 0.1) is 29.0 Å². The molecule has 5 aliphatic carbocycles. The summed E-state index contributed by atoms with van der Waals surface area (Å²) in [6.45, 7) is 8.34. The van der Waals surface area contributed by atoms with Gasteiger partial charge in [0, 0.05) is 47.8 Å². The number of ether oxygens (including phenoxy) is 1. The Hall–Kier alpha value is -3.21. The van der Waals surface area contributed by atoms with Gasteiger partial charge in [-0.05, 0) is 82.4 Å². The van der Waals surface area contributed by atoms with Gasteiger partial charge in [-0.1, -0.05) is 19.9 Å². The van der Waals surface area contributed by atoms with E-state index in [0.717, 1.165) is 19.5 Å². The van der Waals surface area contributed by atoms with Gasteiger partial charge in [-0.3, -0.25) is 19.4 Å². The molecule has 10 heteroatoms. The van der Waals surface area contributed by atoms with Crippen molar-refractivity contribution in [2.24, 2.45) is 28.9 Å². The Kier molecular flexibility index (Phi) is 7.93. The van der Waals surface area contributed by atoms with E-state index in [2.05, 4.69) is 18.4 Å². The number of carbonyl (C=O) groups excluding carboxylic acids is 2. The Balaban J connectivity index is 1.41. The van der Waals surface area contributed by atoms with E-state index in [4.69, 9.17) is 10.5 Å². The Morgan fingerprint density at radius 1 is 1.24 bits per heavy atom. The number of nitrogens with two attached hydrogens (primary N) is 1. The predicted molar refractivity (Wildman–Crippen MR) is 168 cm³/mol. The molecule has 3 fully saturated rings. The zero-order valence-corrected chi connectivity index (χ0v) is 26.8. The third kappa shape index (κ3) is 4.91. The monoisotopic (exact) mass is 623 g/mol. The van der Waals surface area contributed by atoms with Crippen molar-refractivity contribution in [2.75, 3.05) is 34.3 Å². The number of benzene rings is 1. The number of aliphatic hydroxyl groups is 3. The van der Waals surface area contributed by atoms with E-state index >= 15 is 4.39 Å². The van der Waals surface area contributed by atoms with E-state index in [1.165, 1.54) is 39.2 Å². The van der Waals surface area contributed by atoms with Crippen LogP contribution in [0.1, 0.15) is 68.6 Å². The minimum atomic E-state index is -2.31. The van der Waals surface area contributed by atoms with Crippen molar-refractivity contribution >= 4 is 17.4 Å². The first kappa shape index (κ1) is 31.8. The van der Waals surface area contributed by atoms with E-state index in [-0.39, 0.29) is 52.0 Å². The molecule has 1 unspecified atom stereocenters. The third-order valence-electron chi connectivity index (χ3n) is 11.4. The second-order valence-corrected chi connectivity index (χ2v) is 14.3. The number of halogens is 1. The second-order valence-electron chi connectivity index (χ2n) is 14.3. The Bertz CT molecular complexity index is 1520. The highest BCUT2D eigenvalue weighted by Crippen LogP contribution is 2.55. The van der Waals surface area contributed by atoms with Gasteiger partial charge in [-0.2, -0.15) is 0 Å². The van der Waals surface area contributed by atoms with Crippen LogP contribution in [0.25, 0.3) is 5.76 Å². The summed E-state index contributed by atoms with van der Waals surface area (Å²) in [6, 6.07) is 0.694. The standard InChI is InChI=1S/C35H46FN3O6/c1-6-34(10-7-11-34)17-39(15-19-8-9-19)16-21-14-24(45-5)27-22(28(21)36)12-20-13-23-29(38(3)4)31(41)25(33(37)43)18(2)35(23,44)32(42)26(20)30(27)40/h14,19-20,23,29,40-41,44H,2,6-13,15-17H2,1,3-5H3,(H2,37,43)/t20-,23?,29-,35-/m0/s1. The summed E-state index contributed by atoms with van der Waals surface area (Å²) in [5, 5.41) is 34.8. The van der Waals surface area contributed by atoms with Gasteiger partial charge in [0.1, 0.15) is 23.1 Å². The van der Waals surface area contributed by atoms with Crippen molar-refractivity contribution in [1.82, 2.24) is 9.80 Å². The SMILES string of the molecule is C=C1C(C(N)=O)=C(O)[C@@H](N(C)C)C2C[C@@H]3Cc4c(F)c(CN(CC5CC5)CC5(CC)CCC5)cc(OC)c4C(O)=C3C(=O)[C@]12O. The Morgan fingerprint density at radius 3 is 2.47 bits per heavy atom. The number of ketones is 1. The number of hydrogen-bond acceptors (Lipinski definition) is 8. The van der Waals surface area contributed by atoms with Crippen molar-refractivity contribution in [3.63, 3.8) is 0 Å². The maximum Gasteiger partial charge on any atom is 0.252 e. The molecule has 9 nitrogen and oxygen atoms in total. The van der Waals surface area contributed by atoms with Crippen LogP contribution < -0.4 is 10.5 Å². The molecule has 0 spiro atoms. The molecule has 244 valence electrons. The lowest BCUT2D eigenvalue weighted by Gasteiger charge is -2.52. The second kappa shape index (κ2) is 11.2. The number of methoxy groups -OCH3 is 1. The first-order valence-corrected chi connectivity index (χ1v) is 16.2. The fourth-order valence-corrected chi connectivity index (χ4v) is 8.64. The lowest BCUT2D eigenvalue weighted by atomic mass is 9.56. The maximum absolute atomic E-state index is 16.6. The van der Waals surface area contributed by atoms with Crippen LogP contribution >= 0.6 is 0 Å². The molecule has 0 saturated heterocycles. The molecular weight excluding hydrogens is 577 g/mol. The average molecular weight is 624 g/mol. The molecule has 0 aliphatic heterocycles. The zero-order chi connectivity index (χ0) is 32.6. The number of carbonyl (C=O) groups is 2. The summed E-state index contributed by atoms with van der Waals surface area (Å²) in [5.74, 6) is -3.75.